The Hall–Kier alpha value is -2.71. The predicted molar refractivity (Wildman–Crippen MR) is 96.9 cm³/mol. The zero-order valence-electron chi connectivity index (χ0n) is 15.7. The summed E-state index contributed by atoms with van der Waals surface area (Å²) in [6.45, 7) is 9.43. The summed E-state index contributed by atoms with van der Waals surface area (Å²) in [5.74, 6) is 0.749. The molecule has 1 amide bonds. The van der Waals surface area contributed by atoms with E-state index < -0.39 is 12.0 Å². The van der Waals surface area contributed by atoms with Gasteiger partial charge in [0.2, 0.25) is 5.91 Å². The summed E-state index contributed by atoms with van der Waals surface area (Å²) in [6.07, 6.45) is 0.555. The lowest BCUT2D eigenvalue weighted by Gasteiger charge is -2.19. The number of anilines is 1. The molecule has 0 aromatic carbocycles. The number of hydrogen-bond donors (Lipinski definition) is 1. The van der Waals surface area contributed by atoms with Crippen LogP contribution in [-0.4, -0.2) is 57.4 Å². The molecule has 142 valence electrons. The summed E-state index contributed by atoms with van der Waals surface area (Å²) in [6, 6.07) is 3.10. The fourth-order valence-electron chi connectivity index (χ4n) is 2.56. The molecule has 2 aromatic rings. The fourth-order valence-corrected chi connectivity index (χ4v) is 2.56. The highest BCUT2D eigenvalue weighted by molar-refractivity contribution is 5.84. The number of hydrogen-bond acceptors (Lipinski definition) is 7. The van der Waals surface area contributed by atoms with Crippen LogP contribution in [0.3, 0.4) is 0 Å². The summed E-state index contributed by atoms with van der Waals surface area (Å²) in [4.78, 5) is 25.7. The van der Waals surface area contributed by atoms with Crippen molar-refractivity contribution >= 4 is 23.3 Å². The van der Waals surface area contributed by atoms with E-state index in [1.165, 1.54) is 0 Å². The van der Waals surface area contributed by atoms with E-state index in [1.807, 2.05) is 12.1 Å². The van der Waals surface area contributed by atoms with Gasteiger partial charge < -0.3 is 15.0 Å². The monoisotopic (exact) mass is 362 g/mol. The standard InChI is InChI=1S/C17H26N6O3/c1-5-22(6-2)15-9-8-13-19-20-14(23(13)21-15)10-11-16(24)18-12(4)17(25)26-7-3/h8-9,12H,5-7,10-11H2,1-4H3,(H,18,24)/t12-/m1/s1. The molecule has 2 rings (SSSR count). The van der Waals surface area contributed by atoms with E-state index in [0.717, 1.165) is 18.9 Å². The lowest BCUT2D eigenvalue weighted by molar-refractivity contribution is -0.146. The van der Waals surface area contributed by atoms with Gasteiger partial charge in [-0.15, -0.1) is 15.3 Å². The molecule has 1 N–H and O–H groups in total. The van der Waals surface area contributed by atoms with Gasteiger partial charge in [0.05, 0.1) is 6.61 Å². The second kappa shape index (κ2) is 9.12. The Bertz CT molecular complexity index is 756. The van der Waals surface area contributed by atoms with E-state index in [0.29, 0.717) is 17.9 Å². The number of rotatable bonds is 9. The second-order valence-corrected chi connectivity index (χ2v) is 5.79. The fraction of sp³-hybridized carbons (Fsp3) is 0.588. The lowest BCUT2D eigenvalue weighted by Crippen LogP contribution is -2.39. The largest absolute Gasteiger partial charge is 0.464 e. The van der Waals surface area contributed by atoms with Gasteiger partial charge in [-0.1, -0.05) is 0 Å². The lowest BCUT2D eigenvalue weighted by atomic mass is 10.2. The highest BCUT2D eigenvalue weighted by Crippen LogP contribution is 2.12. The normalized spacial score (nSPS) is 12.0. The van der Waals surface area contributed by atoms with E-state index in [9.17, 15) is 9.59 Å². The Balaban J connectivity index is 2.03. The van der Waals surface area contributed by atoms with Crippen molar-refractivity contribution in [3.8, 4) is 0 Å². The van der Waals surface area contributed by atoms with Crippen molar-refractivity contribution in [2.24, 2.45) is 0 Å². The number of aromatic nitrogens is 4. The van der Waals surface area contributed by atoms with Crippen LogP contribution in [0.15, 0.2) is 12.1 Å². The van der Waals surface area contributed by atoms with Gasteiger partial charge in [-0.3, -0.25) is 4.79 Å². The quantitative estimate of drug-likeness (QED) is 0.663. The van der Waals surface area contributed by atoms with E-state index in [2.05, 4.69) is 39.4 Å². The first-order chi connectivity index (χ1) is 12.5. The van der Waals surface area contributed by atoms with Crippen LogP contribution in [0.25, 0.3) is 5.65 Å². The summed E-state index contributed by atoms with van der Waals surface area (Å²) >= 11 is 0. The van der Waals surface area contributed by atoms with Gasteiger partial charge in [0.15, 0.2) is 11.5 Å². The van der Waals surface area contributed by atoms with Gasteiger partial charge in [0.1, 0.15) is 11.9 Å². The first kappa shape index (κ1) is 19.6. The highest BCUT2D eigenvalue weighted by atomic mass is 16.5. The minimum absolute atomic E-state index is 0.182. The van der Waals surface area contributed by atoms with Crippen LogP contribution in [0, 0.1) is 0 Å². The molecule has 0 saturated heterocycles. The SMILES string of the molecule is CCOC(=O)[C@@H](C)NC(=O)CCc1nnc2ccc(N(CC)CC)nn12. The van der Waals surface area contributed by atoms with Gasteiger partial charge in [0.25, 0.3) is 0 Å². The van der Waals surface area contributed by atoms with E-state index in [-0.39, 0.29) is 18.9 Å². The molecule has 0 aliphatic rings. The molecule has 0 fully saturated rings. The molecular formula is C17H26N6O3. The number of nitrogens with one attached hydrogen (secondary N) is 1. The number of carbonyl (C=O) groups excluding carboxylic acids is 2. The number of aryl methyl sites for hydroxylation is 1. The number of amides is 1. The summed E-state index contributed by atoms with van der Waals surface area (Å²) < 4.78 is 6.54. The summed E-state index contributed by atoms with van der Waals surface area (Å²) in [5, 5.41) is 15.4. The van der Waals surface area contributed by atoms with Crippen molar-refractivity contribution < 1.29 is 14.3 Å². The number of esters is 1. The van der Waals surface area contributed by atoms with Crippen molar-refractivity contribution in [3.63, 3.8) is 0 Å². The van der Waals surface area contributed by atoms with Crippen LogP contribution in [-0.2, 0) is 20.7 Å². The average Bonchev–Trinajstić information content (AvgIpc) is 3.03. The van der Waals surface area contributed by atoms with Gasteiger partial charge in [-0.25, -0.2) is 4.79 Å². The van der Waals surface area contributed by atoms with Gasteiger partial charge in [-0.05, 0) is 39.8 Å². The summed E-state index contributed by atoms with van der Waals surface area (Å²) in [5.41, 5.74) is 0.635. The molecule has 0 unspecified atom stereocenters. The van der Waals surface area contributed by atoms with Crippen LogP contribution < -0.4 is 10.2 Å². The Morgan fingerprint density at radius 3 is 2.62 bits per heavy atom. The van der Waals surface area contributed by atoms with E-state index in [1.54, 1.807) is 18.4 Å². The molecular weight excluding hydrogens is 336 g/mol. The van der Waals surface area contributed by atoms with Crippen LogP contribution in [0.4, 0.5) is 5.82 Å². The third-order valence-corrected chi connectivity index (χ3v) is 3.99. The zero-order valence-corrected chi connectivity index (χ0v) is 15.7. The molecule has 0 aliphatic carbocycles. The Morgan fingerprint density at radius 1 is 1.23 bits per heavy atom. The molecule has 0 spiro atoms. The third-order valence-electron chi connectivity index (χ3n) is 3.99. The maximum atomic E-state index is 12.1. The molecule has 0 aliphatic heterocycles. The van der Waals surface area contributed by atoms with Gasteiger partial charge in [0, 0.05) is 25.9 Å². The van der Waals surface area contributed by atoms with Crippen LogP contribution in [0.1, 0.15) is 39.9 Å². The smallest absolute Gasteiger partial charge is 0.328 e. The maximum absolute atomic E-state index is 12.1. The van der Waals surface area contributed by atoms with Crippen molar-refractivity contribution in [1.82, 2.24) is 25.1 Å². The van der Waals surface area contributed by atoms with Crippen LogP contribution >= 0.6 is 0 Å². The highest BCUT2D eigenvalue weighted by Gasteiger charge is 2.17. The van der Waals surface area contributed by atoms with E-state index >= 15 is 0 Å². The zero-order chi connectivity index (χ0) is 19.1. The van der Waals surface area contributed by atoms with Crippen LogP contribution in [0.5, 0.6) is 0 Å². The van der Waals surface area contributed by atoms with Crippen molar-refractivity contribution in [2.75, 3.05) is 24.6 Å². The van der Waals surface area contributed by atoms with Gasteiger partial charge in [-0.2, -0.15) is 4.52 Å². The third kappa shape index (κ3) is 4.68. The molecule has 0 radical (unpaired) electrons. The molecule has 2 heterocycles. The Labute approximate surface area is 152 Å². The minimum atomic E-state index is -0.676. The second-order valence-electron chi connectivity index (χ2n) is 5.79. The Morgan fingerprint density at radius 2 is 1.96 bits per heavy atom. The molecule has 0 saturated carbocycles. The molecule has 9 heteroatoms. The Kier molecular flexibility index (Phi) is 6.88. The van der Waals surface area contributed by atoms with Crippen LogP contribution in [0.2, 0.25) is 0 Å². The van der Waals surface area contributed by atoms with Gasteiger partial charge >= 0.3 is 5.97 Å². The molecule has 9 nitrogen and oxygen atoms in total. The maximum Gasteiger partial charge on any atom is 0.328 e. The summed E-state index contributed by atoms with van der Waals surface area (Å²) in [7, 11) is 0. The first-order valence-electron chi connectivity index (χ1n) is 8.92. The number of fused-ring (bicyclic) bond motifs is 1. The minimum Gasteiger partial charge on any atom is -0.464 e. The number of ether oxygens (including phenoxy) is 1. The number of carbonyl (C=O) groups is 2. The molecule has 0 bridgehead atoms. The van der Waals surface area contributed by atoms with E-state index in [4.69, 9.17) is 4.74 Å². The predicted octanol–water partition coefficient (Wildman–Crippen LogP) is 0.971. The average molecular weight is 362 g/mol. The topological polar surface area (TPSA) is 102 Å². The molecule has 26 heavy (non-hydrogen) atoms. The molecule has 1 atom stereocenters. The molecule has 2 aromatic heterocycles. The first-order valence-corrected chi connectivity index (χ1v) is 8.92. The van der Waals surface area contributed by atoms with Crippen molar-refractivity contribution in [3.05, 3.63) is 18.0 Å². The van der Waals surface area contributed by atoms with Crippen molar-refractivity contribution in [2.45, 2.75) is 46.6 Å². The van der Waals surface area contributed by atoms with Crippen molar-refractivity contribution in [1.29, 1.82) is 0 Å². The number of nitrogens with zero attached hydrogens (tertiary/aromatic N) is 5.